The van der Waals surface area contributed by atoms with E-state index >= 15 is 0 Å². The van der Waals surface area contributed by atoms with Crippen LogP contribution >= 0.6 is 23.2 Å². The number of nitriles is 1. The summed E-state index contributed by atoms with van der Waals surface area (Å²) in [5.74, 6) is 0. The lowest BCUT2D eigenvalue weighted by molar-refractivity contribution is 0.173. The molecule has 3 heteroatoms. The minimum Gasteiger partial charge on any atom is -0.197 e. The Morgan fingerprint density at radius 3 is 2.38 bits per heavy atom. The van der Waals surface area contributed by atoms with Gasteiger partial charge in [0.15, 0.2) is 0 Å². The molecule has 1 aromatic carbocycles. The van der Waals surface area contributed by atoms with Crippen molar-refractivity contribution in [1.29, 1.82) is 5.26 Å². The molecule has 0 heterocycles. The zero-order valence-electron chi connectivity index (χ0n) is 8.76. The van der Waals surface area contributed by atoms with Crippen LogP contribution in [0.1, 0.15) is 31.2 Å². The zero-order valence-corrected chi connectivity index (χ0v) is 10.3. The highest BCUT2D eigenvalue weighted by atomic mass is 35.5. The number of nitrogens with zero attached hydrogens (tertiary/aromatic N) is 1. The average Bonchev–Trinajstić information content (AvgIpc) is 2.95. The number of halogens is 2. The van der Waals surface area contributed by atoms with Crippen LogP contribution in [0.4, 0.5) is 0 Å². The van der Waals surface area contributed by atoms with Crippen LogP contribution < -0.4 is 0 Å². The van der Waals surface area contributed by atoms with E-state index in [9.17, 15) is 5.26 Å². The molecule has 0 saturated heterocycles. The molecule has 2 aliphatic rings. The highest BCUT2D eigenvalue weighted by Crippen LogP contribution is 2.69. The van der Waals surface area contributed by atoms with Gasteiger partial charge in [0, 0.05) is 10.0 Å². The molecule has 1 aromatic rings. The molecule has 1 nitrogen and oxygen atoms in total. The molecule has 1 spiro atoms. The molecular formula is C13H11Cl2N. The third-order valence-corrected chi connectivity index (χ3v) is 4.52. The molecule has 0 bridgehead atoms. The largest absolute Gasteiger partial charge is 0.197 e. The van der Waals surface area contributed by atoms with E-state index in [0.717, 1.165) is 18.4 Å². The lowest BCUT2D eigenvalue weighted by atomic mass is 9.57. The molecule has 2 fully saturated rings. The van der Waals surface area contributed by atoms with Crippen molar-refractivity contribution in [2.75, 3.05) is 0 Å². The van der Waals surface area contributed by atoms with Crippen molar-refractivity contribution in [3.05, 3.63) is 33.8 Å². The Kier molecular flexibility index (Phi) is 2.06. The molecule has 16 heavy (non-hydrogen) atoms. The van der Waals surface area contributed by atoms with Crippen molar-refractivity contribution in [2.24, 2.45) is 5.41 Å². The molecule has 0 atom stereocenters. The van der Waals surface area contributed by atoms with Gasteiger partial charge in [-0.05, 0) is 48.8 Å². The van der Waals surface area contributed by atoms with Gasteiger partial charge in [0.1, 0.15) is 0 Å². The van der Waals surface area contributed by atoms with Gasteiger partial charge in [0.25, 0.3) is 0 Å². The van der Waals surface area contributed by atoms with Gasteiger partial charge in [-0.1, -0.05) is 29.3 Å². The third kappa shape index (κ3) is 1.37. The lowest BCUT2D eigenvalue weighted by Gasteiger charge is -2.44. The van der Waals surface area contributed by atoms with Gasteiger partial charge in [-0.15, -0.1) is 0 Å². The van der Waals surface area contributed by atoms with Gasteiger partial charge in [0.2, 0.25) is 0 Å². The molecule has 0 aliphatic heterocycles. The standard InChI is InChI=1S/C13H11Cl2N/c14-9-1-2-10(11(15)5-9)13(8-16)6-12(7-13)3-4-12/h1-2,5H,3-4,6-7H2. The third-order valence-electron chi connectivity index (χ3n) is 3.97. The van der Waals surface area contributed by atoms with E-state index < -0.39 is 0 Å². The second-order valence-corrected chi connectivity index (χ2v) is 6.02. The Balaban J connectivity index is 1.99. The summed E-state index contributed by atoms with van der Waals surface area (Å²) < 4.78 is 0. The van der Waals surface area contributed by atoms with E-state index in [2.05, 4.69) is 6.07 Å². The minimum atomic E-state index is -0.349. The van der Waals surface area contributed by atoms with E-state index in [1.807, 2.05) is 12.1 Å². The van der Waals surface area contributed by atoms with Gasteiger partial charge in [-0.2, -0.15) is 5.26 Å². The predicted octanol–water partition coefficient (Wildman–Crippen LogP) is 4.33. The highest BCUT2D eigenvalue weighted by Gasteiger charge is 2.62. The van der Waals surface area contributed by atoms with Gasteiger partial charge >= 0.3 is 0 Å². The van der Waals surface area contributed by atoms with Crippen LogP contribution in [0.3, 0.4) is 0 Å². The van der Waals surface area contributed by atoms with E-state index in [1.54, 1.807) is 6.07 Å². The van der Waals surface area contributed by atoms with Crippen molar-refractivity contribution < 1.29 is 0 Å². The summed E-state index contributed by atoms with van der Waals surface area (Å²) in [6, 6.07) is 7.92. The molecule has 3 rings (SSSR count). The smallest absolute Gasteiger partial charge is 0.0847 e. The zero-order chi connectivity index (χ0) is 11.4. The fourth-order valence-electron chi connectivity index (χ4n) is 2.97. The molecule has 0 radical (unpaired) electrons. The maximum absolute atomic E-state index is 9.40. The molecule has 2 aliphatic carbocycles. The summed E-state index contributed by atoms with van der Waals surface area (Å²) in [7, 11) is 0. The van der Waals surface area contributed by atoms with Crippen LogP contribution in [0.15, 0.2) is 18.2 Å². The molecule has 0 aromatic heterocycles. The van der Waals surface area contributed by atoms with Crippen LogP contribution in [0, 0.1) is 16.7 Å². The Bertz CT molecular complexity index is 489. The first kappa shape index (κ1) is 10.4. The second-order valence-electron chi connectivity index (χ2n) is 5.17. The average molecular weight is 252 g/mol. The van der Waals surface area contributed by atoms with Crippen molar-refractivity contribution in [2.45, 2.75) is 31.1 Å². The lowest BCUT2D eigenvalue weighted by Crippen LogP contribution is -2.41. The normalized spacial score (nSPS) is 23.6. The van der Waals surface area contributed by atoms with Crippen molar-refractivity contribution in [3.8, 4) is 6.07 Å². The topological polar surface area (TPSA) is 23.8 Å². The van der Waals surface area contributed by atoms with Crippen LogP contribution in [0.5, 0.6) is 0 Å². The summed E-state index contributed by atoms with van der Waals surface area (Å²) in [4.78, 5) is 0. The van der Waals surface area contributed by atoms with Crippen LogP contribution in [-0.2, 0) is 5.41 Å². The second kappa shape index (κ2) is 3.15. The number of rotatable bonds is 1. The summed E-state index contributed by atoms with van der Waals surface area (Å²) in [6.45, 7) is 0. The maximum atomic E-state index is 9.40. The summed E-state index contributed by atoms with van der Waals surface area (Å²) in [5.41, 5.74) is 1.09. The first-order valence-corrected chi connectivity index (χ1v) is 6.22. The minimum absolute atomic E-state index is 0.349. The molecule has 0 unspecified atom stereocenters. The molecule has 0 N–H and O–H groups in total. The Hall–Kier alpha value is -0.710. The fraction of sp³-hybridized carbons (Fsp3) is 0.462. The fourth-order valence-corrected chi connectivity index (χ4v) is 3.56. The highest BCUT2D eigenvalue weighted by molar-refractivity contribution is 6.35. The van der Waals surface area contributed by atoms with E-state index in [4.69, 9.17) is 23.2 Å². The van der Waals surface area contributed by atoms with Gasteiger partial charge in [-0.3, -0.25) is 0 Å². The van der Waals surface area contributed by atoms with E-state index in [-0.39, 0.29) is 5.41 Å². The number of hydrogen-bond acceptors (Lipinski definition) is 1. The van der Waals surface area contributed by atoms with E-state index in [1.165, 1.54) is 12.8 Å². The summed E-state index contributed by atoms with van der Waals surface area (Å²) in [6.07, 6.45) is 4.50. The molecule has 82 valence electrons. The van der Waals surface area contributed by atoms with Crippen molar-refractivity contribution in [1.82, 2.24) is 0 Å². The maximum Gasteiger partial charge on any atom is 0.0847 e. The molecule has 2 saturated carbocycles. The first-order chi connectivity index (χ1) is 7.59. The first-order valence-electron chi connectivity index (χ1n) is 5.46. The van der Waals surface area contributed by atoms with E-state index in [0.29, 0.717) is 15.5 Å². The molecular weight excluding hydrogens is 241 g/mol. The predicted molar refractivity (Wildman–Crippen MR) is 64.7 cm³/mol. The Labute approximate surface area is 105 Å². The van der Waals surface area contributed by atoms with Gasteiger partial charge < -0.3 is 0 Å². The molecule has 0 amide bonds. The Morgan fingerprint density at radius 1 is 1.19 bits per heavy atom. The number of hydrogen-bond donors (Lipinski definition) is 0. The monoisotopic (exact) mass is 251 g/mol. The van der Waals surface area contributed by atoms with Gasteiger partial charge in [-0.25, -0.2) is 0 Å². The van der Waals surface area contributed by atoms with Crippen LogP contribution in [0.25, 0.3) is 0 Å². The van der Waals surface area contributed by atoms with Crippen LogP contribution in [0.2, 0.25) is 10.0 Å². The quantitative estimate of drug-likeness (QED) is 0.729. The summed E-state index contributed by atoms with van der Waals surface area (Å²) in [5, 5.41) is 10.7. The summed E-state index contributed by atoms with van der Waals surface area (Å²) >= 11 is 12.1. The Morgan fingerprint density at radius 2 is 1.88 bits per heavy atom. The number of benzene rings is 1. The van der Waals surface area contributed by atoms with Crippen molar-refractivity contribution >= 4 is 23.2 Å². The SMILES string of the molecule is N#CC1(c2ccc(Cl)cc2Cl)CC2(CC2)C1. The van der Waals surface area contributed by atoms with Crippen molar-refractivity contribution in [3.63, 3.8) is 0 Å². The van der Waals surface area contributed by atoms with Crippen LogP contribution in [-0.4, -0.2) is 0 Å². The van der Waals surface area contributed by atoms with Gasteiger partial charge in [0.05, 0.1) is 11.5 Å².